The number of benzene rings is 1. The summed E-state index contributed by atoms with van der Waals surface area (Å²) >= 11 is 6.11. The number of rotatable bonds is 2. The van der Waals surface area contributed by atoms with E-state index in [0.717, 1.165) is 6.42 Å². The van der Waals surface area contributed by atoms with Gasteiger partial charge < -0.3 is 19.1 Å². The Balaban J connectivity index is 1.82. The fourth-order valence-electron chi connectivity index (χ4n) is 2.42. The summed E-state index contributed by atoms with van der Waals surface area (Å²) in [5.41, 5.74) is 0.524. The van der Waals surface area contributed by atoms with Crippen LogP contribution in [0.5, 0.6) is 11.5 Å². The Kier molecular flexibility index (Phi) is 3.72. The maximum atomic E-state index is 12.5. The number of amides is 1. The second-order valence-corrected chi connectivity index (χ2v) is 5.25. The Morgan fingerprint density at radius 3 is 3.10 bits per heavy atom. The van der Waals surface area contributed by atoms with Crippen molar-refractivity contribution in [3.8, 4) is 11.5 Å². The lowest BCUT2D eigenvalue weighted by molar-refractivity contribution is -0.0226. The third-order valence-electron chi connectivity index (χ3n) is 3.56. The van der Waals surface area contributed by atoms with E-state index < -0.39 is 0 Å². The summed E-state index contributed by atoms with van der Waals surface area (Å²) in [5, 5.41) is 0.406. The van der Waals surface area contributed by atoms with Crippen molar-refractivity contribution in [2.45, 2.75) is 19.4 Å². The second-order valence-electron chi connectivity index (χ2n) is 4.84. The van der Waals surface area contributed by atoms with Crippen LogP contribution in [0.4, 0.5) is 0 Å². The summed E-state index contributed by atoms with van der Waals surface area (Å²) in [4.78, 5) is 14.3. The minimum Gasteiger partial charge on any atom is -0.454 e. The van der Waals surface area contributed by atoms with E-state index in [1.54, 1.807) is 17.0 Å². The summed E-state index contributed by atoms with van der Waals surface area (Å²) < 4.78 is 16.1. The number of hydrogen-bond acceptors (Lipinski definition) is 4. The Morgan fingerprint density at radius 2 is 2.30 bits per heavy atom. The zero-order chi connectivity index (χ0) is 14.1. The quantitative estimate of drug-likeness (QED) is 0.840. The monoisotopic (exact) mass is 297 g/mol. The highest BCUT2D eigenvalue weighted by molar-refractivity contribution is 6.32. The maximum absolute atomic E-state index is 12.5. The number of morpholine rings is 1. The van der Waals surface area contributed by atoms with Crippen LogP contribution < -0.4 is 9.47 Å². The second kappa shape index (κ2) is 5.50. The minimum atomic E-state index is -0.0491. The molecule has 0 aromatic heterocycles. The molecule has 1 fully saturated rings. The van der Waals surface area contributed by atoms with E-state index in [0.29, 0.717) is 41.8 Å². The van der Waals surface area contributed by atoms with Crippen LogP contribution in [-0.2, 0) is 4.74 Å². The normalized spacial score (nSPS) is 21.1. The maximum Gasteiger partial charge on any atom is 0.254 e. The first-order valence-electron chi connectivity index (χ1n) is 6.69. The molecule has 2 aliphatic heterocycles. The van der Waals surface area contributed by atoms with Crippen LogP contribution in [0.25, 0.3) is 0 Å². The van der Waals surface area contributed by atoms with E-state index in [9.17, 15) is 4.79 Å². The number of halogens is 1. The molecule has 0 spiro atoms. The molecule has 5 nitrogen and oxygen atoms in total. The largest absolute Gasteiger partial charge is 0.454 e. The third-order valence-corrected chi connectivity index (χ3v) is 3.84. The van der Waals surface area contributed by atoms with E-state index in [2.05, 4.69) is 6.92 Å². The van der Waals surface area contributed by atoms with E-state index in [-0.39, 0.29) is 18.8 Å². The summed E-state index contributed by atoms with van der Waals surface area (Å²) in [7, 11) is 0. The van der Waals surface area contributed by atoms with Gasteiger partial charge in [-0.2, -0.15) is 0 Å². The topological polar surface area (TPSA) is 48.0 Å². The van der Waals surface area contributed by atoms with Gasteiger partial charge in [-0.1, -0.05) is 18.5 Å². The zero-order valence-corrected chi connectivity index (χ0v) is 12.0. The van der Waals surface area contributed by atoms with Gasteiger partial charge in [-0.3, -0.25) is 4.79 Å². The van der Waals surface area contributed by atoms with Crippen molar-refractivity contribution in [2.24, 2.45) is 0 Å². The SMILES string of the molecule is CC[C@H]1CN(C(=O)c2cc(Cl)c3c(c2)OCO3)CCO1. The molecule has 1 atom stereocenters. The lowest BCUT2D eigenvalue weighted by Gasteiger charge is -2.32. The molecule has 108 valence electrons. The van der Waals surface area contributed by atoms with Gasteiger partial charge in [-0.25, -0.2) is 0 Å². The summed E-state index contributed by atoms with van der Waals surface area (Å²) in [6.07, 6.45) is 1.00. The lowest BCUT2D eigenvalue weighted by atomic mass is 10.1. The van der Waals surface area contributed by atoms with E-state index in [1.807, 2.05) is 0 Å². The van der Waals surface area contributed by atoms with Crippen molar-refractivity contribution in [2.75, 3.05) is 26.5 Å². The Morgan fingerprint density at radius 1 is 1.45 bits per heavy atom. The molecule has 0 radical (unpaired) electrons. The molecule has 1 aromatic carbocycles. The molecular weight excluding hydrogens is 282 g/mol. The van der Waals surface area contributed by atoms with Crippen LogP contribution in [0.15, 0.2) is 12.1 Å². The molecule has 1 aromatic rings. The fraction of sp³-hybridized carbons (Fsp3) is 0.500. The number of hydrogen-bond donors (Lipinski definition) is 0. The minimum absolute atomic E-state index is 0.0491. The summed E-state index contributed by atoms with van der Waals surface area (Å²) in [6, 6.07) is 3.32. The molecule has 0 N–H and O–H groups in total. The van der Waals surface area contributed by atoms with Gasteiger partial charge in [0.25, 0.3) is 5.91 Å². The molecule has 6 heteroatoms. The van der Waals surface area contributed by atoms with Crippen LogP contribution in [0.1, 0.15) is 23.7 Å². The first kappa shape index (κ1) is 13.5. The average Bonchev–Trinajstić information content (AvgIpc) is 2.95. The van der Waals surface area contributed by atoms with Gasteiger partial charge in [0.2, 0.25) is 6.79 Å². The van der Waals surface area contributed by atoms with Gasteiger partial charge in [0.05, 0.1) is 17.7 Å². The van der Waals surface area contributed by atoms with Gasteiger partial charge in [-0.05, 0) is 18.6 Å². The van der Waals surface area contributed by atoms with Crippen LogP contribution in [-0.4, -0.2) is 43.4 Å². The summed E-state index contributed by atoms with van der Waals surface area (Å²) in [5.74, 6) is 0.990. The van der Waals surface area contributed by atoms with Gasteiger partial charge in [-0.15, -0.1) is 0 Å². The highest BCUT2D eigenvalue weighted by Crippen LogP contribution is 2.40. The highest BCUT2D eigenvalue weighted by Gasteiger charge is 2.26. The van der Waals surface area contributed by atoms with Crippen molar-refractivity contribution >= 4 is 17.5 Å². The van der Waals surface area contributed by atoms with Crippen LogP contribution in [0.2, 0.25) is 5.02 Å². The van der Waals surface area contributed by atoms with Gasteiger partial charge >= 0.3 is 0 Å². The van der Waals surface area contributed by atoms with Gasteiger partial charge in [0.15, 0.2) is 11.5 Å². The summed E-state index contributed by atoms with van der Waals surface area (Å²) in [6.45, 7) is 3.98. The Bertz CT molecular complexity index is 534. The molecule has 20 heavy (non-hydrogen) atoms. The third kappa shape index (κ3) is 2.43. The van der Waals surface area contributed by atoms with E-state index >= 15 is 0 Å². The molecular formula is C14H16ClNO4. The number of carbonyl (C=O) groups is 1. The zero-order valence-electron chi connectivity index (χ0n) is 11.2. The number of nitrogens with zero attached hydrogens (tertiary/aromatic N) is 1. The van der Waals surface area contributed by atoms with Crippen molar-refractivity contribution in [3.63, 3.8) is 0 Å². The van der Waals surface area contributed by atoms with Crippen LogP contribution in [0.3, 0.4) is 0 Å². The molecule has 1 amide bonds. The van der Waals surface area contributed by atoms with Crippen LogP contribution >= 0.6 is 11.6 Å². The molecule has 0 unspecified atom stereocenters. The molecule has 0 saturated carbocycles. The Labute approximate surface area is 122 Å². The van der Waals surface area contributed by atoms with Crippen molar-refractivity contribution in [3.05, 3.63) is 22.7 Å². The predicted octanol–water partition coefficient (Wildman–Crippen LogP) is 2.32. The first-order valence-corrected chi connectivity index (χ1v) is 7.07. The lowest BCUT2D eigenvalue weighted by Crippen LogP contribution is -2.45. The van der Waals surface area contributed by atoms with E-state index in [4.69, 9.17) is 25.8 Å². The smallest absolute Gasteiger partial charge is 0.254 e. The molecule has 2 aliphatic rings. The van der Waals surface area contributed by atoms with Gasteiger partial charge in [0, 0.05) is 18.7 Å². The number of carbonyl (C=O) groups excluding carboxylic acids is 1. The van der Waals surface area contributed by atoms with Crippen molar-refractivity contribution in [1.29, 1.82) is 0 Å². The van der Waals surface area contributed by atoms with Crippen LogP contribution in [0, 0.1) is 0 Å². The predicted molar refractivity (Wildman–Crippen MR) is 73.5 cm³/mol. The first-order chi connectivity index (χ1) is 9.69. The highest BCUT2D eigenvalue weighted by atomic mass is 35.5. The molecule has 1 saturated heterocycles. The van der Waals surface area contributed by atoms with Crippen molar-refractivity contribution in [1.82, 2.24) is 4.90 Å². The number of fused-ring (bicyclic) bond motifs is 1. The molecule has 2 heterocycles. The standard InChI is InChI=1S/C14H16ClNO4/c1-2-10-7-16(3-4-18-10)14(17)9-5-11(15)13-12(6-9)19-8-20-13/h5-6,10H,2-4,7-8H2,1H3/t10-/m0/s1. The molecule has 3 rings (SSSR count). The molecule has 0 aliphatic carbocycles. The van der Waals surface area contributed by atoms with E-state index in [1.165, 1.54) is 0 Å². The number of ether oxygens (including phenoxy) is 3. The van der Waals surface area contributed by atoms with Gasteiger partial charge in [0.1, 0.15) is 0 Å². The van der Waals surface area contributed by atoms with Crippen molar-refractivity contribution < 1.29 is 19.0 Å². The Hall–Kier alpha value is -1.46. The average molecular weight is 298 g/mol. The molecule has 0 bridgehead atoms. The fourth-order valence-corrected chi connectivity index (χ4v) is 2.69.